The molecule has 0 fully saturated rings. The molecule has 0 heterocycles. The molecule has 1 rings (SSSR count). The zero-order chi connectivity index (χ0) is 6.69. The molecule has 0 bridgehead atoms. The fraction of sp³-hybridized carbons (Fsp3) is 0.125. The van der Waals surface area contributed by atoms with Gasteiger partial charge in [-0.2, -0.15) is 0 Å². The van der Waals surface area contributed by atoms with Crippen LogP contribution in [0.15, 0.2) is 24.3 Å². The van der Waals surface area contributed by atoms with Gasteiger partial charge in [-0.1, -0.05) is 0 Å². The quantitative estimate of drug-likeness (QED) is 0.562. The third-order valence-corrected chi connectivity index (χ3v) is 2.30. The van der Waals surface area contributed by atoms with Crippen molar-refractivity contribution in [2.45, 2.75) is 6.92 Å². The SMILES string of the molecule is Cc1ccc([CH]=[Zn])cc1. The van der Waals surface area contributed by atoms with E-state index in [4.69, 9.17) is 0 Å². The minimum absolute atomic E-state index is 1.24. The van der Waals surface area contributed by atoms with E-state index in [9.17, 15) is 0 Å². The summed E-state index contributed by atoms with van der Waals surface area (Å²) >= 11 is 1.24. The summed E-state index contributed by atoms with van der Waals surface area (Å²) in [7, 11) is 0. The first-order valence-electron chi connectivity index (χ1n) is 3.02. The summed E-state index contributed by atoms with van der Waals surface area (Å²) < 4.78 is 2.22. The molecule has 42 valence electrons. The van der Waals surface area contributed by atoms with Crippen molar-refractivity contribution in [3.05, 3.63) is 35.4 Å². The van der Waals surface area contributed by atoms with Crippen molar-refractivity contribution in [2.75, 3.05) is 0 Å². The number of hydrogen-bond donors (Lipinski definition) is 0. The van der Waals surface area contributed by atoms with Gasteiger partial charge in [-0.05, 0) is 0 Å². The Labute approximate surface area is 65.1 Å². The van der Waals surface area contributed by atoms with Gasteiger partial charge < -0.3 is 0 Å². The van der Waals surface area contributed by atoms with Crippen LogP contribution in [0, 0.1) is 6.92 Å². The summed E-state index contributed by atoms with van der Waals surface area (Å²) in [6, 6.07) is 8.58. The Bertz CT molecular complexity index is 198. The summed E-state index contributed by atoms with van der Waals surface area (Å²) in [5.74, 6) is 0. The molecule has 1 aromatic carbocycles. The Morgan fingerprint density at radius 2 is 1.78 bits per heavy atom. The Hall–Kier alpha value is -0.287. The monoisotopic (exact) mass is 168 g/mol. The fourth-order valence-electron chi connectivity index (χ4n) is 0.703. The Kier molecular flexibility index (Phi) is 2.30. The molecule has 0 nitrogen and oxygen atoms in total. The Morgan fingerprint density at radius 1 is 1.22 bits per heavy atom. The number of aryl methyl sites for hydroxylation is 1. The molecule has 0 unspecified atom stereocenters. The van der Waals surface area contributed by atoms with Crippen LogP contribution in [-0.2, 0) is 17.9 Å². The summed E-state index contributed by atoms with van der Waals surface area (Å²) in [4.78, 5) is 0. The van der Waals surface area contributed by atoms with Crippen molar-refractivity contribution < 1.29 is 17.9 Å². The normalized spacial score (nSPS) is 9.22. The van der Waals surface area contributed by atoms with Crippen LogP contribution in [0.4, 0.5) is 0 Å². The second kappa shape index (κ2) is 3.03. The summed E-state index contributed by atoms with van der Waals surface area (Å²) in [6.45, 7) is 2.11. The first-order chi connectivity index (χ1) is 4.33. The second-order valence-corrected chi connectivity index (χ2v) is 2.97. The van der Waals surface area contributed by atoms with Gasteiger partial charge >= 0.3 is 64.8 Å². The molecule has 0 aliphatic heterocycles. The van der Waals surface area contributed by atoms with E-state index in [2.05, 4.69) is 35.8 Å². The van der Waals surface area contributed by atoms with Crippen LogP contribution in [0.1, 0.15) is 11.1 Å². The molecule has 0 aliphatic rings. The minimum atomic E-state index is 1.24. The number of benzene rings is 1. The Morgan fingerprint density at radius 3 is 2.22 bits per heavy atom. The molecule has 0 atom stereocenters. The van der Waals surface area contributed by atoms with Crippen LogP contribution in [0.3, 0.4) is 0 Å². The van der Waals surface area contributed by atoms with E-state index >= 15 is 0 Å². The molecule has 0 N–H and O–H groups in total. The van der Waals surface area contributed by atoms with Gasteiger partial charge in [0.2, 0.25) is 0 Å². The van der Waals surface area contributed by atoms with Crippen LogP contribution in [0.5, 0.6) is 0 Å². The van der Waals surface area contributed by atoms with E-state index < -0.39 is 0 Å². The van der Waals surface area contributed by atoms with Crippen LogP contribution in [-0.4, -0.2) is 4.61 Å². The number of rotatable bonds is 1. The van der Waals surface area contributed by atoms with Crippen LogP contribution >= 0.6 is 0 Å². The van der Waals surface area contributed by atoms with Gasteiger partial charge in [0, 0.05) is 0 Å². The molecule has 0 saturated carbocycles. The van der Waals surface area contributed by atoms with Crippen molar-refractivity contribution in [3.63, 3.8) is 0 Å². The predicted octanol–water partition coefficient (Wildman–Crippen LogP) is 1.69. The van der Waals surface area contributed by atoms with Crippen LogP contribution in [0.25, 0.3) is 0 Å². The average Bonchev–Trinajstić information content (AvgIpc) is 1.90. The zero-order valence-corrected chi connectivity index (χ0v) is 8.56. The molecule has 1 heteroatoms. The summed E-state index contributed by atoms with van der Waals surface area (Å²) in [6.07, 6.45) is 0. The average molecular weight is 170 g/mol. The fourth-order valence-corrected chi connectivity index (χ4v) is 1.27. The molecular formula is C8H8Zn. The van der Waals surface area contributed by atoms with E-state index in [0.29, 0.717) is 0 Å². The topological polar surface area (TPSA) is 0 Å². The molecular weight excluding hydrogens is 161 g/mol. The van der Waals surface area contributed by atoms with E-state index in [-0.39, 0.29) is 0 Å². The van der Waals surface area contributed by atoms with E-state index in [0.717, 1.165) is 0 Å². The van der Waals surface area contributed by atoms with Crippen LogP contribution in [0.2, 0.25) is 0 Å². The standard InChI is InChI=1S/C8H8.Zn/c1-7-3-5-8(2)6-4-7;/h1,3-6H,2H3;. The first kappa shape index (κ1) is 6.83. The molecule has 0 saturated heterocycles. The second-order valence-electron chi connectivity index (χ2n) is 2.11. The third-order valence-electron chi connectivity index (χ3n) is 1.31. The van der Waals surface area contributed by atoms with Gasteiger partial charge in [0.05, 0.1) is 0 Å². The van der Waals surface area contributed by atoms with Crippen molar-refractivity contribution in [2.24, 2.45) is 0 Å². The van der Waals surface area contributed by atoms with Crippen molar-refractivity contribution in [3.8, 4) is 0 Å². The summed E-state index contributed by atoms with van der Waals surface area (Å²) in [5, 5.41) is 0. The zero-order valence-electron chi connectivity index (χ0n) is 5.59. The van der Waals surface area contributed by atoms with Gasteiger partial charge in [0.1, 0.15) is 0 Å². The van der Waals surface area contributed by atoms with Gasteiger partial charge in [-0.15, -0.1) is 0 Å². The molecule has 0 radical (unpaired) electrons. The van der Waals surface area contributed by atoms with E-state index in [1.165, 1.54) is 29.0 Å². The molecule has 0 spiro atoms. The molecule has 0 amide bonds. The summed E-state index contributed by atoms with van der Waals surface area (Å²) in [5.41, 5.74) is 2.68. The molecule has 0 aliphatic carbocycles. The van der Waals surface area contributed by atoms with Crippen molar-refractivity contribution >= 4 is 4.61 Å². The third kappa shape index (κ3) is 1.84. The van der Waals surface area contributed by atoms with Gasteiger partial charge in [0.25, 0.3) is 0 Å². The molecule has 1 aromatic rings. The molecule has 9 heavy (non-hydrogen) atoms. The Balaban J connectivity index is 3.01. The van der Waals surface area contributed by atoms with Crippen LogP contribution < -0.4 is 0 Å². The maximum absolute atomic E-state index is 2.22. The maximum atomic E-state index is 2.22. The number of hydrogen-bond acceptors (Lipinski definition) is 0. The van der Waals surface area contributed by atoms with Crippen molar-refractivity contribution in [1.82, 2.24) is 0 Å². The van der Waals surface area contributed by atoms with Crippen molar-refractivity contribution in [1.29, 1.82) is 0 Å². The predicted molar refractivity (Wildman–Crippen MR) is 36.3 cm³/mol. The van der Waals surface area contributed by atoms with Gasteiger partial charge in [0.15, 0.2) is 0 Å². The first-order valence-corrected chi connectivity index (χ1v) is 4.73. The molecule has 0 aromatic heterocycles. The van der Waals surface area contributed by atoms with E-state index in [1.807, 2.05) is 0 Å². The van der Waals surface area contributed by atoms with Gasteiger partial charge in [-0.3, -0.25) is 0 Å². The van der Waals surface area contributed by atoms with Gasteiger partial charge in [-0.25, -0.2) is 0 Å². The van der Waals surface area contributed by atoms with E-state index in [1.54, 1.807) is 0 Å².